The number of rotatable bonds is 15. The fourth-order valence-electron chi connectivity index (χ4n) is 2.59. The molecule has 0 aliphatic carbocycles. The summed E-state index contributed by atoms with van der Waals surface area (Å²) in [6.45, 7) is -1.13. The summed E-state index contributed by atoms with van der Waals surface area (Å²) < 4.78 is 0. The molecular formula is C14H28N2O10. The number of aliphatic hydroxyl groups excluding tert-OH is 4. The van der Waals surface area contributed by atoms with Crippen LogP contribution in [0.2, 0.25) is 0 Å². The van der Waals surface area contributed by atoms with Crippen LogP contribution >= 0.6 is 0 Å². The highest BCUT2D eigenvalue weighted by atomic mass is 16.5. The Hall–Kier alpha value is -1.38. The number of carboxylic acids is 2. The number of aliphatic carboxylic acids is 2. The summed E-state index contributed by atoms with van der Waals surface area (Å²) in [5, 5.41) is 73.3. The molecule has 0 aromatic rings. The molecule has 12 heteroatoms. The van der Waals surface area contributed by atoms with Crippen molar-refractivity contribution in [2.24, 2.45) is 0 Å². The molecule has 0 bridgehead atoms. The molecule has 8 N–H and O–H groups in total. The van der Waals surface area contributed by atoms with Crippen LogP contribution in [0, 0.1) is 0 Å². The molecule has 0 aliphatic heterocycles. The summed E-state index contributed by atoms with van der Waals surface area (Å²) in [6.07, 6.45) is -4.93. The molecule has 0 aliphatic rings. The number of carbonyl (C=O) groups is 2. The fraction of sp³-hybridized carbons (Fsp3) is 0.857. The number of carboxylic acid groups (broad SMARTS) is 2. The minimum atomic E-state index is -1.95. The summed E-state index contributed by atoms with van der Waals surface area (Å²) in [5.41, 5.74) is 0. The van der Waals surface area contributed by atoms with Crippen molar-refractivity contribution in [3.8, 4) is 0 Å². The van der Waals surface area contributed by atoms with E-state index in [-0.39, 0.29) is 32.8 Å². The zero-order valence-electron chi connectivity index (χ0n) is 14.3. The first-order valence-electron chi connectivity index (χ1n) is 8.00. The maximum Gasteiger partial charge on any atom is 0.321 e. The van der Waals surface area contributed by atoms with E-state index in [4.69, 9.17) is 25.5 Å². The van der Waals surface area contributed by atoms with E-state index in [2.05, 4.69) is 0 Å². The molecule has 2 atom stereocenters. The van der Waals surface area contributed by atoms with E-state index < -0.39 is 56.1 Å². The highest BCUT2D eigenvalue weighted by Gasteiger charge is 2.30. The van der Waals surface area contributed by atoms with Crippen LogP contribution in [0.15, 0.2) is 0 Å². The van der Waals surface area contributed by atoms with Crippen LogP contribution in [0.1, 0.15) is 12.8 Å². The number of nitrogens with zero attached hydrogens (tertiary/aromatic N) is 2. The standard InChI is InChI=1S/C14H28N2O10/c17-5-3-15(9(13(23)24)7-11(19)20)1-2-16(4-6-18)10(14(25)26)8-12(21)22/h9-11,13,17-20,23-24H,1-8H2,(H,21,22)(H,25,26). The molecular weight excluding hydrogens is 356 g/mol. The van der Waals surface area contributed by atoms with Crippen molar-refractivity contribution in [1.29, 1.82) is 0 Å². The summed E-state index contributed by atoms with van der Waals surface area (Å²) in [6, 6.07) is -2.56. The van der Waals surface area contributed by atoms with Gasteiger partial charge in [0.15, 0.2) is 12.6 Å². The Morgan fingerprint density at radius 1 is 0.808 bits per heavy atom. The number of aliphatic hydroxyl groups is 6. The van der Waals surface area contributed by atoms with Crippen molar-refractivity contribution >= 4 is 11.9 Å². The normalized spacial score (nSPS) is 14.4. The van der Waals surface area contributed by atoms with Gasteiger partial charge in [0.25, 0.3) is 0 Å². The van der Waals surface area contributed by atoms with Gasteiger partial charge in [-0.2, -0.15) is 0 Å². The Morgan fingerprint density at radius 3 is 1.69 bits per heavy atom. The molecule has 12 nitrogen and oxygen atoms in total. The lowest BCUT2D eigenvalue weighted by molar-refractivity contribution is -0.151. The zero-order valence-corrected chi connectivity index (χ0v) is 14.3. The molecule has 0 radical (unpaired) electrons. The molecule has 2 unspecified atom stereocenters. The molecule has 0 rings (SSSR count). The molecule has 26 heavy (non-hydrogen) atoms. The molecule has 0 saturated heterocycles. The molecule has 0 heterocycles. The maximum atomic E-state index is 11.3. The number of hydrogen-bond acceptors (Lipinski definition) is 10. The quantitative estimate of drug-likeness (QED) is 0.127. The molecule has 0 saturated carbocycles. The van der Waals surface area contributed by atoms with Crippen molar-refractivity contribution in [2.75, 3.05) is 39.4 Å². The van der Waals surface area contributed by atoms with E-state index in [9.17, 15) is 24.9 Å². The largest absolute Gasteiger partial charge is 0.481 e. The second kappa shape index (κ2) is 12.9. The van der Waals surface area contributed by atoms with Crippen molar-refractivity contribution in [3.05, 3.63) is 0 Å². The molecule has 0 aromatic carbocycles. The average Bonchev–Trinajstić information content (AvgIpc) is 2.52. The van der Waals surface area contributed by atoms with Crippen LogP contribution in [0.25, 0.3) is 0 Å². The van der Waals surface area contributed by atoms with Gasteiger partial charge in [0, 0.05) is 32.6 Å². The zero-order chi connectivity index (χ0) is 20.3. The second-order valence-electron chi connectivity index (χ2n) is 5.67. The van der Waals surface area contributed by atoms with Gasteiger partial charge in [-0.05, 0) is 0 Å². The third-order valence-electron chi connectivity index (χ3n) is 3.81. The molecule has 0 amide bonds. The first kappa shape index (κ1) is 24.6. The van der Waals surface area contributed by atoms with Crippen molar-refractivity contribution in [3.63, 3.8) is 0 Å². The molecule has 0 aromatic heterocycles. The minimum absolute atomic E-state index is 0.0427. The third kappa shape index (κ3) is 9.35. The van der Waals surface area contributed by atoms with Gasteiger partial charge >= 0.3 is 11.9 Å². The van der Waals surface area contributed by atoms with E-state index in [0.29, 0.717) is 0 Å². The predicted molar refractivity (Wildman–Crippen MR) is 85.9 cm³/mol. The smallest absolute Gasteiger partial charge is 0.321 e. The van der Waals surface area contributed by atoms with Gasteiger partial charge in [-0.25, -0.2) is 0 Å². The second-order valence-corrected chi connectivity index (χ2v) is 5.67. The Balaban J connectivity index is 5.21. The minimum Gasteiger partial charge on any atom is -0.481 e. The third-order valence-corrected chi connectivity index (χ3v) is 3.81. The van der Waals surface area contributed by atoms with E-state index in [1.807, 2.05) is 0 Å². The van der Waals surface area contributed by atoms with Gasteiger partial charge in [0.2, 0.25) is 0 Å². The Morgan fingerprint density at radius 2 is 1.31 bits per heavy atom. The van der Waals surface area contributed by atoms with Crippen molar-refractivity contribution < 1.29 is 50.4 Å². The lowest BCUT2D eigenvalue weighted by Crippen LogP contribution is -2.52. The first-order chi connectivity index (χ1) is 12.1. The Kier molecular flexibility index (Phi) is 12.2. The number of hydrogen-bond donors (Lipinski definition) is 8. The van der Waals surface area contributed by atoms with Crippen LogP contribution < -0.4 is 0 Å². The van der Waals surface area contributed by atoms with Gasteiger partial charge in [-0.15, -0.1) is 0 Å². The van der Waals surface area contributed by atoms with Gasteiger partial charge in [0.1, 0.15) is 6.04 Å². The van der Waals surface area contributed by atoms with E-state index in [0.717, 1.165) is 0 Å². The average molecular weight is 384 g/mol. The SMILES string of the molecule is O=C(O)CC(C(=O)O)N(CCO)CCN(CCO)C(CC(O)O)C(O)O. The lowest BCUT2D eigenvalue weighted by Gasteiger charge is -2.35. The van der Waals surface area contributed by atoms with Crippen LogP contribution in [0.3, 0.4) is 0 Å². The lowest BCUT2D eigenvalue weighted by atomic mass is 10.1. The van der Waals surface area contributed by atoms with Crippen LogP contribution in [-0.2, 0) is 9.59 Å². The van der Waals surface area contributed by atoms with Crippen LogP contribution in [0.5, 0.6) is 0 Å². The van der Waals surface area contributed by atoms with Gasteiger partial charge in [-0.3, -0.25) is 19.4 Å². The van der Waals surface area contributed by atoms with Crippen LogP contribution in [-0.4, -0.2) is 127 Å². The first-order valence-corrected chi connectivity index (χ1v) is 8.00. The van der Waals surface area contributed by atoms with Gasteiger partial charge < -0.3 is 40.9 Å². The summed E-state index contributed by atoms with van der Waals surface area (Å²) in [7, 11) is 0. The van der Waals surface area contributed by atoms with E-state index in [1.54, 1.807) is 0 Å². The molecule has 0 spiro atoms. The predicted octanol–water partition coefficient (Wildman–Crippen LogP) is -4.12. The fourth-order valence-corrected chi connectivity index (χ4v) is 2.59. The molecule has 0 fully saturated rings. The van der Waals surface area contributed by atoms with Gasteiger partial charge in [-0.1, -0.05) is 0 Å². The van der Waals surface area contributed by atoms with Crippen molar-refractivity contribution in [1.82, 2.24) is 9.80 Å². The highest BCUT2D eigenvalue weighted by Crippen LogP contribution is 2.12. The Bertz CT molecular complexity index is 421. The highest BCUT2D eigenvalue weighted by molar-refractivity contribution is 5.80. The summed E-state index contributed by atoms with van der Waals surface area (Å²) >= 11 is 0. The Labute approximate surface area is 150 Å². The van der Waals surface area contributed by atoms with E-state index >= 15 is 0 Å². The molecule has 154 valence electrons. The maximum absolute atomic E-state index is 11.3. The van der Waals surface area contributed by atoms with Crippen molar-refractivity contribution in [2.45, 2.75) is 37.5 Å². The topological polar surface area (TPSA) is 202 Å². The summed E-state index contributed by atoms with van der Waals surface area (Å²) in [4.78, 5) is 24.7. The summed E-state index contributed by atoms with van der Waals surface area (Å²) in [5.74, 6) is -2.72. The van der Waals surface area contributed by atoms with Gasteiger partial charge in [0.05, 0.1) is 25.7 Å². The van der Waals surface area contributed by atoms with Crippen LogP contribution in [0.4, 0.5) is 0 Å². The van der Waals surface area contributed by atoms with E-state index in [1.165, 1.54) is 9.80 Å². The monoisotopic (exact) mass is 384 g/mol.